The van der Waals surface area contributed by atoms with Crippen molar-refractivity contribution in [2.45, 2.75) is 0 Å². The van der Waals surface area contributed by atoms with Crippen LogP contribution in [0.2, 0.25) is 0 Å². The van der Waals surface area contributed by atoms with Crippen LogP contribution in [0.15, 0.2) is 22.7 Å². The molecule has 0 atom stereocenters. The molecule has 0 saturated heterocycles. The Kier molecular flexibility index (Phi) is 5.62. The van der Waals surface area contributed by atoms with Gasteiger partial charge in [-0.2, -0.15) is 0 Å². The Morgan fingerprint density at radius 2 is 1.94 bits per heavy atom. The largest absolute Gasteiger partial charge is 0.497 e. The highest BCUT2D eigenvalue weighted by atomic mass is 79.9. The predicted octanol–water partition coefficient (Wildman–Crippen LogP) is 2.09. The summed E-state index contributed by atoms with van der Waals surface area (Å²) in [6.45, 7) is 1.53. The van der Waals surface area contributed by atoms with Crippen LogP contribution in [0.1, 0.15) is 10.4 Å². The van der Waals surface area contributed by atoms with Gasteiger partial charge in [0.15, 0.2) is 0 Å². The number of benzene rings is 1. The lowest BCUT2D eigenvalue weighted by Crippen LogP contribution is -2.33. The van der Waals surface area contributed by atoms with Crippen LogP contribution in [0.4, 0.5) is 0 Å². The van der Waals surface area contributed by atoms with E-state index in [1.54, 1.807) is 25.1 Å². The highest BCUT2D eigenvalue weighted by Crippen LogP contribution is 2.23. The maximum atomic E-state index is 12.3. The molecule has 0 aliphatic carbocycles. The molecule has 0 unspecified atom stereocenters. The number of rotatable bonds is 5. The number of carbonyl (C=O) groups is 1. The van der Waals surface area contributed by atoms with E-state index in [-0.39, 0.29) is 5.91 Å². The third kappa shape index (κ3) is 3.99. The van der Waals surface area contributed by atoms with Gasteiger partial charge in [0.2, 0.25) is 0 Å². The molecule has 4 nitrogen and oxygen atoms in total. The predicted molar refractivity (Wildman–Crippen MR) is 76.2 cm³/mol. The van der Waals surface area contributed by atoms with E-state index in [2.05, 4.69) is 15.9 Å². The van der Waals surface area contributed by atoms with Crippen molar-refractivity contribution in [3.05, 3.63) is 28.2 Å². The van der Waals surface area contributed by atoms with Crippen LogP contribution in [-0.2, 0) is 0 Å². The average molecular weight is 315 g/mol. The summed E-state index contributed by atoms with van der Waals surface area (Å²) in [5.74, 6) is 0.671. The van der Waals surface area contributed by atoms with Gasteiger partial charge in [-0.3, -0.25) is 4.79 Å². The van der Waals surface area contributed by atoms with Crippen molar-refractivity contribution in [3.8, 4) is 5.75 Å². The van der Waals surface area contributed by atoms with Gasteiger partial charge in [0.05, 0.1) is 12.7 Å². The van der Waals surface area contributed by atoms with Crippen LogP contribution >= 0.6 is 15.9 Å². The summed E-state index contributed by atoms with van der Waals surface area (Å²) in [5.41, 5.74) is 0.621. The van der Waals surface area contributed by atoms with E-state index >= 15 is 0 Å². The summed E-state index contributed by atoms with van der Waals surface area (Å²) >= 11 is 3.40. The molecule has 5 heteroatoms. The zero-order valence-electron chi connectivity index (χ0n) is 11.2. The third-order valence-electron chi connectivity index (χ3n) is 2.63. The lowest BCUT2D eigenvalue weighted by molar-refractivity contribution is 0.0785. The lowest BCUT2D eigenvalue weighted by atomic mass is 10.2. The van der Waals surface area contributed by atoms with E-state index in [1.165, 1.54) is 0 Å². The number of hydrogen-bond donors (Lipinski definition) is 0. The van der Waals surface area contributed by atoms with Crippen LogP contribution in [0.5, 0.6) is 5.75 Å². The molecule has 1 rings (SSSR count). The minimum absolute atomic E-state index is 0.0115. The number of halogens is 1. The topological polar surface area (TPSA) is 32.8 Å². The molecule has 0 spiro atoms. The van der Waals surface area contributed by atoms with Gasteiger partial charge >= 0.3 is 0 Å². The van der Waals surface area contributed by atoms with E-state index in [0.717, 1.165) is 11.0 Å². The van der Waals surface area contributed by atoms with Gasteiger partial charge in [-0.15, -0.1) is 0 Å². The zero-order valence-corrected chi connectivity index (χ0v) is 12.8. The minimum atomic E-state index is -0.0115. The van der Waals surface area contributed by atoms with Gasteiger partial charge in [0.25, 0.3) is 5.91 Å². The Hall–Kier alpha value is -1.07. The third-order valence-corrected chi connectivity index (χ3v) is 3.32. The van der Waals surface area contributed by atoms with E-state index in [1.807, 2.05) is 31.1 Å². The number of carbonyl (C=O) groups excluding carboxylic acids is 1. The van der Waals surface area contributed by atoms with Gasteiger partial charge in [-0.25, -0.2) is 0 Å². The molecule has 0 N–H and O–H groups in total. The molecule has 1 aromatic carbocycles. The maximum Gasteiger partial charge on any atom is 0.254 e. The van der Waals surface area contributed by atoms with Crippen molar-refractivity contribution in [1.29, 1.82) is 0 Å². The summed E-state index contributed by atoms with van der Waals surface area (Å²) in [5, 5.41) is 0. The van der Waals surface area contributed by atoms with Gasteiger partial charge < -0.3 is 14.5 Å². The Labute approximate surface area is 117 Å². The highest BCUT2D eigenvalue weighted by Gasteiger charge is 2.15. The van der Waals surface area contributed by atoms with Crippen LogP contribution < -0.4 is 4.74 Å². The summed E-state index contributed by atoms with van der Waals surface area (Å²) in [6, 6.07) is 5.39. The first-order valence-electron chi connectivity index (χ1n) is 5.69. The number of hydrogen-bond acceptors (Lipinski definition) is 3. The molecule has 0 bridgehead atoms. The van der Waals surface area contributed by atoms with Crippen molar-refractivity contribution < 1.29 is 9.53 Å². The summed E-state index contributed by atoms with van der Waals surface area (Å²) in [7, 11) is 7.37. The van der Waals surface area contributed by atoms with Crippen molar-refractivity contribution in [3.63, 3.8) is 0 Å². The van der Waals surface area contributed by atoms with Crippen LogP contribution in [0.3, 0.4) is 0 Å². The van der Waals surface area contributed by atoms with Crippen molar-refractivity contribution in [1.82, 2.24) is 9.80 Å². The number of nitrogens with zero attached hydrogens (tertiary/aromatic N) is 2. The molecule has 18 heavy (non-hydrogen) atoms. The average Bonchev–Trinajstić information content (AvgIpc) is 2.35. The number of likely N-dealkylation sites (N-methyl/N-ethyl adjacent to an activating group) is 2. The fourth-order valence-corrected chi connectivity index (χ4v) is 1.87. The minimum Gasteiger partial charge on any atom is -0.497 e. The first-order valence-corrected chi connectivity index (χ1v) is 6.48. The van der Waals surface area contributed by atoms with Crippen molar-refractivity contribution in [2.75, 3.05) is 41.3 Å². The number of ether oxygens (including phenoxy) is 1. The molecule has 0 aliphatic rings. The SMILES string of the molecule is COc1ccc(Br)c(C(=O)N(C)CCN(C)C)c1. The van der Waals surface area contributed by atoms with Gasteiger partial charge in [-0.05, 0) is 48.2 Å². The van der Waals surface area contributed by atoms with Crippen molar-refractivity contribution >= 4 is 21.8 Å². The summed E-state index contributed by atoms with van der Waals surface area (Å²) in [6.07, 6.45) is 0. The highest BCUT2D eigenvalue weighted by molar-refractivity contribution is 9.10. The summed E-state index contributed by atoms with van der Waals surface area (Å²) in [4.78, 5) is 16.0. The molecular formula is C13H19BrN2O2. The van der Waals surface area contributed by atoms with Crippen LogP contribution in [0, 0.1) is 0 Å². The monoisotopic (exact) mass is 314 g/mol. The fourth-order valence-electron chi connectivity index (χ4n) is 1.45. The Morgan fingerprint density at radius 1 is 1.28 bits per heavy atom. The van der Waals surface area contributed by atoms with Crippen molar-refractivity contribution in [2.24, 2.45) is 0 Å². The standard InChI is InChI=1S/C13H19BrN2O2/c1-15(2)7-8-16(3)13(17)11-9-10(18-4)5-6-12(11)14/h5-6,9H,7-8H2,1-4H3. The molecule has 1 amide bonds. The molecular weight excluding hydrogens is 296 g/mol. The van der Waals surface area contributed by atoms with E-state index in [0.29, 0.717) is 17.9 Å². The second kappa shape index (κ2) is 6.75. The van der Waals surface area contributed by atoms with Gasteiger partial charge in [0.1, 0.15) is 5.75 Å². The molecule has 0 radical (unpaired) electrons. The molecule has 1 aromatic rings. The fraction of sp³-hybridized carbons (Fsp3) is 0.462. The molecule has 0 aromatic heterocycles. The molecule has 0 fully saturated rings. The number of methoxy groups -OCH3 is 1. The molecule has 0 aliphatic heterocycles. The van der Waals surface area contributed by atoms with E-state index in [9.17, 15) is 4.79 Å². The van der Waals surface area contributed by atoms with Gasteiger partial charge in [-0.1, -0.05) is 0 Å². The Morgan fingerprint density at radius 3 is 2.50 bits per heavy atom. The normalized spacial score (nSPS) is 10.6. The Bertz CT molecular complexity index is 421. The molecule has 0 saturated carbocycles. The van der Waals surface area contributed by atoms with Crippen LogP contribution in [0.25, 0.3) is 0 Å². The molecule has 0 heterocycles. The number of amides is 1. The summed E-state index contributed by atoms with van der Waals surface area (Å²) < 4.78 is 5.92. The first kappa shape index (κ1) is 15.0. The second-order valence-electron chi connectivity index (χ2n) is 4.38. The van der Waals surface area contributed by atoms with Gasteiger partial charge in [0, 0.05) is 24.6 Å². The molecule has 100 valence electrons. The second-order valence-corrected chi connectivity index (χ2v) is 5.23. The van der Waals surface area contributed by atoms with E-state index in [4.69, 9.17) is 4.74 Å². The maximum absolute atomic E-state index is 12.3. The quantitative estimate of drug-likeness (QED) is 0.834. The first-order chi connectivity index (χ1) is 8.45. The van der Waals surface area contributed by atoms with Crippen LogP contribution in [-0.4, -0.2) is 57.0 Å². The lowest BCUT2D eigenvalue weighted by Gasteiger charge is -2.20. The smallest absolute Gasteiger partial charge is 0.254 e. The van der Waals surface area contributed by atoms with E-state index < -0.39 is 0 Å². The Balaban J connectivity index is 2.82. The zero-order chi connectivity index (χ0) is 13.7.